The Balaban J connectivity index is 2.68. The van der Waals surface area contributed by atoms with E-state index in [0.717, 1.165) is 10.5 Å². The summed E-state index contributed by atoms with van der Waals surface area (Å²) in [4.78, 5) is 15.3. The summed E-state index contributed by atoms with van der Waals surface area (Å²) in [5, 5.41) is 2.54. The molecule has 0 radical (unpaired) electrons. The van der Waals surface area contributed by atoms with Crippen LogP contribution in [-0.4, -0.2) is 57.5 Å². The number of carbonyl (C=O) groups is 1. The molecule has 1 amide bonds. The predicted molar refractivity (Wildman–Crippen MR) is 73.4 cm³/mol. The Bertz CT molecular complexity index is 544. The summed E-state index contributed by atoms with van der Waals surface area (Å²) in [6, 6.07) is 2.73. The SMILES string of the molecule is COCCNC(=O)CN(C)S(=O)(=O)c1ccc(N)nc1. The molecule has 20 heavy (non-hydrogen) atoms. The van der Waals surface area contributed by atoms with Gasteiger partial charge in [0.25, 0.3) is 0 Å². The highest BCUT2D eigenvalue weighted by molar-refractivity contribution is 7.89. The largest absolute Gasteiger partial charge is 0.384 e. The molecule has 0 saturated heterocycles. The number of aromatic nitrogens is 1. The lowest BCUT2D eigenvalue weighted by Crippen LogP contribution is -2.39. The molecule has 0 spiro atoms. The average molecular weight is 302 g/mol. The average Bonchev–Trinajstić information content (AvgIpc) is 2.39. The maximum atomic E-state index is 12.1. The number of nitrogens with one attached hydrogen (secondary N) is 1. The number of nitrogens with zero attached hydrogens (tertiary/aromatic N) is 2. The number of pyridine rings is 1. The van der Waals surface area contributed by atoms with Crippen LogP contribution in [0, 0.1) is 0 Å². The third kappa shape index (κ3) is 4.44. The first-order chi connectivity index (χ1) is 9.37. The number of amides is 1. The van der Waals surface area contributed by atoms with Crippen molar-refractivity contribution in [2.45, 2.75) is 4.90 Å². The van der Waals surface area contributed by atoms with Gasteiger partial charge in [0, 0.05) is 26.9 Å². The zero-order valence-electron chi connectivity index (χ0n) is 11.4. The van der Waals surface area contributed by atoms with Crippen LogP contribution in [0.2, 0.25) is 0 Å². The Labute approximate surface area is 118 Å². The van der Waals surface area contributed by atoms with Crippen molar-refractivity contribution in [2.24, 2.45) is 0 Å². The summed E-state index contributed by atoms with van der Waals surface area (Å²) in [5.74, 6) is -0.180. The van der Waals surface area contributed by atoms with Crippen LogP contribution in [0.5, 0.6) is 0 Å². The van der Waals surface area contributed by atoms with Crippen molar-refractivity contribution < 1.29 is 17.9 Å². The molecule has 8 nitrogen and oxygen atoms in total. The van der Waals surface area contributed by atoms with E-state index in [0.29, 0.717) is 13.2 Å². The van der Waals surface area contributed by atoms with E-state index in [1.54, 1.807) is 0 Å². The van der Waals surface area contributed by atoms with Crippen LogP contribution < -0.4 is 11.1 Å². The highest BCUT2D eigenvalue weighted by Crippen LogP contribution is 2.13. The van der Waals surface area contributed by atoms with Crippen LogP contribution in [0.3, 0.4) is 0 Å². The summed E-state index contributed by atoms with van der Waals surface area (Å²) in [6.45, 7) is 0.410. The van der Waals surface area contributed by atoms with Crippen molar-refractivity contribution in [1.29, 1.82) is 0 Å². The van der Waals surface area contributed by atoms with Gasteiger partial charge in [0.2, 0.25) is 15.9 Å². The molecule has 1 aromatic heterocycles. The van der Waals surface area contributed by atoms with Gasteiger partial charge in [-0.25, -0.2) is 13.4 Å². The normalized spacial score (nSPS) is 11.6. The van der Waals surface area contributed by atoms with Gasteiger partial charge < -0.3 is 15.8 Å². The Hall–Kier alpha value is -1.71. The molecular weight excluding hydrogens is 284 g/mol. The third-order valence-electron chi connectivity index (χ3n) is 2.46. The smallest absolute Gasteiger partial charge is 0.244 e. The molecule has 0 unspecified atom stereocenters. The Morgan fingerprint density at radius 1 is 1.50 bits per heavy atom. The van der Waals surface area contributed by atoms with Crippen LogP contribution in [0.25, 0.3) is 0 Å². The molecule has 0 fully saturated rings. The lowest BCUT2D eigenvalue weighted by molar-refractivity contribution is -0.121. The van der Waals surface area contributed by atoms with Gasteiger partial charge in [-0.3, -0.25) is 4.79 Å². The zero-order chi connectivity index (χ0) is 15.2. The topological polar surface area (TPSA) is 115 Å². The van der Waals surface area contributed by atoms with Crippen LogP contribution in [0.15, 0.2) is 23.2 Å². The van der Waals surface area contributed by atoms with Crippen molar-refractivity contribution in [3.63, 3.8) is 0 Å². The van der Waals surface area contributed by atoms with E-state index in [1.807, 2.05) is 0 Å². The van der Waals surface area contributed by atoms with Crippen LogP contribution in [0.4, 0.5) is 5.82 Å². The predicted octanol–water partition coefficient (Wildman–Crippen LogP) is -0.953. The number of rotatable bonds is 7. The number of nitrogen functional groups attached to an aromatic ring is 1. The highest BCUT2D eigenvalue weighted by atomic mass is 32.2. The summed E-state index contributed by atoms with van der Waals surface area (Å²) >= 11 is 0. The first-order valence-corrected chi connectivity index (χ1v) is 7.25. The van der Waals surface area contributed by atoms with E-state index >= 15 is 0 Å². The summed E-state index contributed by atoms with van der Waals surface area (Å²) in [5.41, 5.74) is 5.40. The number of nitrogens with two attached hydrogens (primary N) is 1. The number of sulfonamides is 1. The van der Waals surface area contributed by atoms with E-state index in [2.05, 4.69) is 10.3 Å². The van der Waals surface area contributed by atoms with E-state index in [9.17, 15) is 13.2 Å². The maximum absolute atomic E-state index is 12.1. The summed E-state index contributed by atoms with van der Waals surface area (Å²) < 4.78 is 30.0. The van der Waals surface area contributed by atoms with Crippen molar-refractivity contribution in [3.8, 4) is 0 Å². The van der Waals surface area contributed by atoms with E-state index in [1.165, 1.54) is 26.3 Å². The molecule has 3 N–H and O–H groups in total. The van der Waals surface area contributed by atoms with Gasteiger partial charge in [0.15, 0.2) is 0 Å². The van der Waals surface area contributed by atoms with Crippen LogP contribution in [0.1, 0.15) is 0 Å². The number of likely N-dealkylation sites (N-methyl/N-ethyl adjacent to an activating group) is 1. The standard InChI is InChI=1S/C11H18N4O4S/c1-15(8-11(16)13-5-6-19-2)20(17,18)9-3-4-10(12)14-7-9/h3-4,7H,5-6,8H2,1-2H3,(H2,12,14)(H,13,16). The fourth-order valence-electron chi connectivity index (χ4n) is 1.36. The fraction of sp³-hybridized carbons (Fsp3) is 0.455. The Morgan fingerprint density at radius 3 is 2.75 bits per heavy atom. The minimum atomic E-state index is -3.76. The minimum absolute atomic E-state index is 0.0149. The Kier molecular flexibility index (Phi) is 5.86. The number of hydrogen-bond acceptors (Lipinski definition) is 6. The van der Waals surface area contributed by atoms with Crippen molar-refractivity contribution in [1.82, 2.24) is 14.6 Å². The van der Waals surface area contributed by atoms with Gasteiger partial charge in [0.1, 0.15) is 10.7 Å². The number of hydrogen-bond donors (Lipinski definition) is 2. The van der Waals surface area contributed by atoms with E-state index in [4.69, 9.17) is 10.5 Å². The molecule has 0 atom stereocenters. The van der Waals surface area contributed by atoms with E-state index < -0.39 is 15.9 Å². The van der Waals surface area contributed by atoms with Gasteiger partial charge in [-0.05, 0) is 12.1 Å². The van der Waals surface area contributed by atoms with Crippen LogP contribution >= 0.6 is 0 Å². The van der Waals surface area contributed by atoms with Gasteiger partial charge in [-0.2, -0.15) is 4.31 Å². The molecular formula is C11H18N4O4S. The highest BCUT2D eigenvalue weighted by Gasteiger charge is 2.23. The number of carbonyl (C=O) groups excluding carboxylic acids is 1. The minimum Gasteiger partial charge on any atom is -0.384 e. The van der Waals surface area contributed by atoms with Gasteiger partial charge >= 0.3 is 0 Å². The lowest BCUT2D eigenvalue weighted by Gasteiger charge is -2.16. The summed E-state index contributed by atoms with van der Waals surface area (Å²) in [6.07, 6.45) is 1.16. The molecule has 0 aliphatic heterocycles. The third-order valence-corrected chi connectivity index (χ3v) is 4.25. The molecule has 0 bridgehead atoms. The number of anilines is 1. The fourth-order valence-corrected chi connectivity index (χ4v) is 2.43. The number of ether oxygens (including phenoxy) is 1. The van der Waals surface area contributed by atoms with Crippen molar-refractivity contribution in [3.05, 3.63) is 18.3 Å². The van der Waals surface area contributed by atoms with Crippen LogP contribution in [-0.2, 0) is 19.6 Å². The second kappa shape index (κ2) is 7.17. The molecule has 1 rings (SSSR count). The number of methoxy groups -OCH3 is 1. The zero-order valence-corrected chi connectivity index (χ0v) is 12.2. The Morgan fingerprint density at radius 2 is 2.20 bits per heavy atom. The molecule has 112 valence electrons. The van der Waals surface area contributed by atoms with Crippen molar-refractivity contribution in [2.75, 3.05) is 39.6 Å². The second-order valence-corrected chi connectivity index (χ2v) is 6.07. The lowest BCUT2D eigenvalue weighted by atomic mass is 10.5. The van der Waals surface area contributed by atoms with Gasteiger partial charge in [-0.1, -0.05) is 0 Å². The molecule has 1 aromatic rings. The molecule has 9 heteroatoms. The maximum Gasteiger partial charge on any atom is 0.244 e. The molecule has 0 aliphatic carbocycles. The van der Waals surface area contributed by atoms with E-state index in [-0.39, 0.29) is 17.3 Å². The van der Waals surface area contributed by atoms with Gasteiger partial charge in [0.05, 0.1) is 13.2 Å². The first kappa shape index (κ1) is 16.3. The second-order valence-electron chi connectivity index (χ2n) is 4.02. The molecule has 1 heterocycles. The molecule has 0 saturated carbocycles. The monoisotopic (exact) mass is 302 g/mol. The van der Waals surface area contributed by atoms with Gasteiger partial charge in [-0.15, -0.1) is 0 Å². The molecule has 0 aromatic carbocycles. The summed E-state index contributed by atoms with van der Waals surface area (Å²) in [7, 11) is -0.926. The molecule has 0 aliphatic rings. The van der Waals surface area contributed by atoms with Crippen molar-refractivity contribution >= 4 is 21.7 Å². The first-order valence-electron chi connectivity index (χ1n) is 5.81. The quantitative estimate of drug-likeness (QED) is 0.627.